The van der Waals surface area contributed by atoms with Gasteiger partial charge in [0.2, 0.25) is 0 Å². The Labute approximate surface area is 129 Å². The Hall–Kier alpha value is -1.75. The highest BCUT2D eigenvalue weighted by atomic mass is 32.1. The number of anilines is 2. The summed E-state index contributed by atoms with van der Waals surface area (Å²) in [6.45, 7) is 5.05. The lowest BCUT2D eigenvalue weighted by Gasteiger charge is -2.31. The smallest absolute Gasteiger partial charge is 0.180 e. The molecule has 1 aromatic carbocycles. The van der Waals surface area contributed by atoms with E-state index in [2.05, 4.69) is 28.9 Å². The number of fused-ring (bicyclic) bond motifs is 1. The monoisotopic (exact) mass is 303 g/mol. The average Bonchev–Trinajstić information content (AvgIpc) is 2.94. The summed E-state index contributed by atoms with van der Waals surface area (Å²) in [6, 6.07) is 6.28. The molecule has 0 radical (unpaired) electrons. The molecule has 4 nitrogen and oxygen atoms in total. The SMILES string of the molecule is CCCCCN1CCOc2ccc(-c3csc(N)n3)cc21. The van der Waals surface area contributed by atoms with Crippen molar-refractivity contribution in [2.45, 2.75) is 26.2 Å². The number of unbranched alkanes of at least 4 members (excludes halogenated alkanes) is 2. The van der Waals surface area contributed by atoms with Crippen LogP contribution in [-0.2, 0) is 0 Å². The van der Waals surface area contributed by atoms with E-state index in [1.54, 1.807) is 0 Å². The summed E-state index contributed by atoms with van der Waals surface area (Å²) in [5.74, 6) is 0.977. The van der Waals surface area contributed by atoms with E-state index in [1.165, 1.54) is 36.3 Å². The number of nitrogen functional groups attached to an aromatic ring is 1. The van der Waals surface area contributed by atoms with Gasteiger partial charge in [-0.1, -0.05) is 19.8 Å². The van der Waals surface area contributed by atoms with Crippen LogP contribution in [0, 0.1) is 0 Å². The van der Waals surface area contributed by atoms with Gasteiger partial charge in [-0.15, -0.1) is 11.3 Å². The molecule has 3 rings (SSSR count). The minimum Gasteiger partial charge on any atom is -0.490 e. The van der Waals surface area contributed by atoms with Gasteiger partial charge in [0, 0.05) is 17.5 Å². The molecule has 21 heavy (non-hydrogen) atoms. The third-order valence-electron chi connectivity index (χ3n) is 3.77. The number of ether oxygens (including phenoxy) is 1. The van der Waals surface area contributed by atoms with Crippen molar-refractivity contribution in [1.29, 1.82) is 0 Å². The van der Waals surface area contributed by atoms with Crippen molar-refractivity contribution < 1.29 is 4.74 Å². The van der Waals surface area contributed by atoms with E-state index in [4.69, 9.17) is 10.5 Å². The highest BCUT2D eigenvalue weighted by Crippen LogP contribution is 2.36. The Bertz CT molecular complexity index is 611. The Morgan fingerprint density at radius 2 is 2.29 bits per heavy atom. The van der Waals surface area contributed by atoms with Gasteiger partial charge in [-0.25, -0.2) is 4.98 Å². The van der Waals surface area contributed by atoms with Crippen molar-refractivity contribution in [3.8, 4) is 17.0 Å². The predicted octanol–water partition coefficient (Wildman–Crippen LogP) is 3.78. The van der Waals surface area contributed by atoms with Crippen molar-refractivity contribution in [3.05, 3.63) is 23.6 Å². The molecule has 1 aliphatic rings. The van der Waals surface area contributed by atoms with Crippen molar-refractivity contribution in [1.82, 2.24) is 4.98 Å². The van der Waals surface area contributed by atoms with Gasteiger partial charge in [0.15, 0.2) is 5.13 Å². The van der Waals surface area contributed by atoms with E-state index >= 15 is 0 Å². The highest BCUT2D eigenvalue weighted by molar-refractivity contribution is 7.13. The molecule has 5 heteroatoms. The zero-order valence-corrected chi connectivity index (χ0v) is 13.2. The van der Waals surface area contributed by atoms with E-state index in [-0.39, 0.29) is 0 Å². The highest BCUT2D eigenvalue weighted by Gasteiger charge is 2.18. The van der Waals surface area contributed by atoms with Crippen molar-refractivity contribution in [2.75, 3.05) is 30.3 Å². The summed E-state index contributed by atoms with van der Waals surface area (Å²) in [4.78, 5) is 6.79. The Kier molecular flexibility index (Phi) is 4.29. The van der Waals surface area contributed by atoms with Crippen LogP contribution in [0.2, 0.25) is 0 Å². The molecule has 0 bridgehead atoms. The normalized spacial score (nSPS) is 13.9. The molecule has 1 aliphatic heterocycles. The second-order valence-electron chi connectivity index (χ2n) is 5.30. The molecule has 0 aliphatic carbocycles. The topological polar surface area (TPSA) is 51.4 Å². The lowest BCUT2D eigenvalue weighted by molar-refractivity contribution is 0.307. The predicted molar refractivity (Wildman–Crippen MR) is 89.2 cm³/mol. The number of hydrogen-bond acceptors (Lipinski definition) is 5. The summed E-state index contributed by atoms with van der Waals surface area (Å²) in [5, 5.41) is 2.61. The Morgan fingerprint density at radius 1 is 1.38 bits per heavy atom. The molecule has 0 fully saturated rings. The molecule has 0 saturated heterocycles. The third-order valence-corrected chi connectivity index (χ3v) is 4.44. The molecule has 2 N–H and O–H groups in total. The fourth-order valence-electron chi connectivity index (χ4n) is 2.64. The maximum atomic E-state index is 5.77. The summed E-state index contributed by atoms with van der Waals surface area (Å²) >= 11 is 1.48. The number of rotatable bonds is 5. The van der Waals surface area contributed by atoms with E-state index in [0.29, 0.717) is 5.13 Å². The van der Waals surface area contributed by atoms with Gasteiger partial charge in [-0.3, -0.25) is 0 Å². The van der Waals surface area contributed by atoms with Crippen LogP contribution < -0.4 is 15.4 Å². The first-order valence-corrected chi connectivity index (χ1v) is 8.39. The first kappa shape index (κ1) is 14.2. The lowest BCUT2D eigenvalue weighted by Crippen LogP contribution is -2.33. The van der Waals surface area contributed by atoms with Crippen LogP contribution in [0.3, 0.4) is 0 Å². The largest absolute Gasteiger partial charge is 0.490 e. The van der Waals surface area contributed by atoms with Crippen LogP contribution in [0.25, 0.3) is 11.3 Å². The molecular weight excluding hydrogens is 282 g/mol. The van der Waals surface area contributed by atoms with Crippen molar-refractivity contribution in [2.24, 2.45) is 0 Å². The lowest BCUT2D eigenvalue weighted by atomic mass is 10.1. The molecule has 1 aromatic heterocycles. The fraction of sp³-hybridized carbons (Fsp3) is 0.438. The first-order chi connectivity index (χ1) is 10.3. The van der Waals surface area contributed by atoms with Crippen LogP contribution in [0.4, 0.5) is 10.8 Å². The number of thiazole rings is 1. The summed E-state index contributed by atoms with van der Waals surface area (Å²) in [5.41, 5.74) is 8.96. The number of nitrogens with two attached hydrogens (primary N) is 1. The maximum Gasteiger partial charge on any atom is 0.180 e. The molecule has 0 atom stereocenters. The zero-order valence-electron chi connectivity index (χ0n) is 12.3. The van der Waals surface area contributed by atoms with E-state index in [0.717, 1.165) is 36.7 Å². The van der Waals surface area contributed by atoms with E-state index in [1.807, 2.05) is 11.4 Å². The van der Waals surface area contributed by atoms with Crippen molar-refractivity contribution in [3.63, 3.8) is 0 Å². The van der Waals surface area contributed by atoms with Crippen molar-refractivity contribution >= 4 is 22.2 Å². The molecule has 0 unspecified atom stereocenters. The quantitative estimate of drug-likeness (QED) is 0.854. The fourth-order valence-corrected chi connectivity index (χ4v) is 3.21. The summed E-state index contributed by atoms with van der Waals surface area (Å²) in [6.07, 6.45) is 3.74. The second-order valence-corrected chi connectivity index (χ2v) is 6.19. The summed E-state index contributed by atoms with van der Waals surface area (Å²) in [7, 11) is 0. The van der Waals surface area contributed by atoms with Gasteiger partial charge < -0.3 is 15.4 Å². The van der Waals surface area contributed by atoms with Gasteiger partial charge in [0.25, 0.3) is 0 Å². The van der Waals surface area contributed by atoms with Crippen LogP contribution >= 0.6 is 11.3 Å². The maximum absolute atomic E-state index is 5.77. The standard InChI is InChI=1S/C16H21N3OS/c1-2-3-4-7-19-8-9-20-15-6-5-12(10-14(15)19)13-11-21-16(17)18-13/h5-6,10-11H,2-4,7-9H2,1H3,(H2,17,18). The number of nitrogens with zero attached hydrogens (tertiary/aromatic N) is 2. The minimum absolute atomic E-state index is 0.610. The molecule has 2 heterocycles. The van der Waals surface area contributed by atoms with E-state index in [9.17, 15) is 0 Å². The minimum atomic E-state index is 0.610. The van der Waals surface area contributed by atoms with Crippen LogP contribution in [0.15, 0.2) is 23.6 Å². The van der Waals surface area contributed by atoms with Gasteiger partial charge in [0.05, 0.1) is 17.9 Å². The molecule has 0 amide bonds. The zero-order chi connectivity index (χ0) is 14.7. The molecule has 112 valence electrons. The Morgan fingerprint density at radius 3 is 3.05 bits per heavy atom. The molecule has 0 saturated carbocycles. The second kappa shape index (κ2) is 6.35. The average molecular weight is 303 g/mol. The summed E-state index contributed by atoms with van der Waals surface area (Å²) < 4.78 is 5.77. The van der Waals surface area contributed by atoms with Gasteiger partial charge >= 0.3 is 0 Å². The van der Waals surface area contributed by atoms with E-state index < -0.39 is 0 Å². The van der Waals surface area contributed by atoms with Gasteiger partial charge in [0.1, 0.15) is 12.4 Å². The first-order valence-electron chi connectivity index (χ1n) is 7.51. The number of benzene rings is 1. The van der Waals surface area contributed by atoms with Crippen LogP contribution in [0.5, 0.6) is 5.75 Å². The third kappa shape index (κ3) is 3.13. The molecule has 0 spiro atoms. The molecular formula is C16H21N3OS. The number of aromatic nitrogens is 1. The van der Waals surface area contributed by atoms with Gasteiger partial charge in [-0.05, 0) is 24.6 Å². The van der Waals surface area contributed by atoms with Crippen LogP contribution in [-0.4, -0.2) is 24.7 Å². The Balaban J connectivity index is 1.86. The molecule has 2 aromatic rings. The number of hydrogen-bond donors (Lipinski definition) is 1. The van der Waals surface area contributed by atoms with Gasteiger partial charge in [-0.2, -0.15) is 0 Å². The van der Waals surface area contributed by atoms with Crippen LogP contribution in [0.1, 0.15) is 26.2 Å².